The second-order valence-corrected chi connectivity index (χ2v) is 12.5. The molecule has 14 heteroatoms. The predicted molar refractivity (Wildman–Crippen MR) is 145 cm³/mol. The maximum absolute atomic E-state index is 14.6. The molecule has 1 saturated carbocycles. The van der Waals surface area contributed by atoms with Crippen molar-refractivity contribution in [3.8, 4) is 11.5 Å². The van der Waals surface area contributed by atoms with Gasteiger partial charge in [-0.15, -0.1) is 0 Å². The molecule has 42 heavy (non-hydrogen) atoms. The van der Waals surface area contributed by atoms with Crippen LogP contribution in [0.3, 0.4) is 0 Å². The summed E-state index contributed by atoms with van der Waals surface area (Å²) in [4.78, 5) is 40.5. The second kappa shape index (κ2) is 13.6. The number of hydroxylamine groups is 1. The molecule has 228 valence electrons. The second-order valence-electron chi connectivity index (χ2n) is 10.8. The van der Waals surface area contributed by atoms with Crippen molar-refractivity contribution in [1.29, 1.82) is 0 Å². The Balaban J connectivity index is 1.63. The number of aliphatic imine (C=N–C) groups is 1. The van der Waals surface area contributed by atoms with E-state index in [0.717, 1.165) is 24.3 Å². The quantitative estimate of drug-likeness (QED) is 0.107. The number of Topliss-reactive ketones (excluding diaryl/α,β-unsaturated/α-hetero) is 2. The molecule has 3 rings (SSSR count). The normalized spacial score (nSPS) is 16.8. The molecule has 0 radical (unpaired) electrons. The van der Waals surface area contributed by atoms with Crippen LogP contribution in [0.1, 0.15) is 52.9 Å². The molecule has 0 unspecified atom stereocenters. The maximum atomic E-state index is 14.6. The van der Waals surface area contributed by atoms with E-state index in [2.05, 4.69) is 4.99 Å². The number of unbranched alkanes of at least 4 members (excludes halogenated alkanes) is 1. The van der Waals surface area contributed by atoms with Gasteiger partial charge >= 0.3 is 0 Å². The minimum atomic E-state index is -4.66. The molecule has 0 aliphatic heterocycles. The molecule has 1 amide bonds. The summed E-state index contributed by atoms with van der Waals surface area (Å²) in [6.45, 7) is 5.50. The van der Waals surface area contributed by atoms with Crippen molar-refractivity contribution in [2.24, 2.45) is 16.3 Å². The Morgan fingerprint density at radius 3 is 2.19 bits per heavy atom. The first-order chi connectivity index (χ1) is 19.6. The molecule has 3 N–H and O–H groups in total. The number of sulfonamides is 1. The third kappa shape index (κ3) is 8.46. The van der Waals surface area contributed by atoms with Crippen LogP contribution < -0.4 is 14.9 Å². The largest absolute Gasteiger partial charge is 0.451 e. The van der Waals surface area contributed by atoms with Gasteiger partial charge in [-0.1, -0.05) is 13.8 Å². The average Bonchev–Trinajstić information content (AvgIpc) is 2.89. The van der Waals surface area contributed by atoms with Crippen molar-refractivity contribution in [3.63, 3.8) is 0 Å². The van der Waals surface area contributed by atoms with Crippen LogP contribution in [0.25, 0.3) is 0 Å². The van der Waals surface area contributed by atoms with Crippen LogP contribution in [0, 0.1) is 28.8 Å². The number of benzene rings is 2. The summed E-state index contributed by atoms with van der Waals surface area (Å²) < 4.78 is 75.2. The van der Waals surface area contributed by atoms with Gasteiger partial charge in [-0.05, 0) is 68.0 Å². The zero-order chi connectivity index (χ0) is 31.2. The molecule has 0 aromatic heterocycles. The van der Waals surface area contributed by atoms with Crippen LogP contribution in [0.5, 0.6) is 11.5 Å². The van der Waals surface area contributed by atoms with Gasteiger partial charge in [-0.25, -0.2) is 27.1 Å². The number of ketones is 2. The molecule has 0 saturated heterocycles. The van der Waals surface area contributed by atoms with Crippen molar-refractivity contribution in [3.05, 3.63) is 53.8 Å². The fourth-order valence-electron chi connectivity index (χ4n) is 4.65. The maximum Gasteiger partial charge on any atom is 0.261 e. The number of ether oxygens (including phenoxy) is 1. The molecule has 1 aliphatic carbocycles. The van der Waals surface area contributed by atoms with Crippen molar-refractivity contribution < 1.29 is 45.9 Å². The van der Waals surface area contributed by atoms with E-state index in [9.17, 15) is 36.0 Å². The summed E-state index contributed by atoms with van der Waals surface area (Å²) in [5.41, 5.74) is 1.36. The Kier molecular flexibility index (Phi) is 10.6. The summed E-state index contributed by atoms with van der Waals surface area (Å²) in [5, 5.41) is 9.08. The van der Waals surface area contributed by atoms with Crippen molar-refractivity contribution in [1.82, 2.24) is 10.2 Å². The van der Waals surface area contributed by atoms with Gasteiger partial charge in [0.1, 0.15) is 35.1 Å². The highest BCUT2D eigenvalue weighted by Gasteiger charge is 2.40. The smallest absolute Gasteiger partial charge is 0.261 e. The van der Waals surface area contributed by atoms with Gasteiger partial charge < -0.3 is 4.74 Å². The molecule has 1 atom stereocenters. The van der Waals surface area contributed by atoms with E-state index >= 15 is 0 Å². The Hall–Kier alpha value is -3.62. The summed E-state index contributed by atoms with van der Waals surface area (Å²) in [5.74, 6) is -6.70. The first-order valence-corrected chi connectivity index (χ1v) is 14.6. The van der Waals surface area contributed by atoms with Gasteiger partial charge in [0.05, 0.1) is 4.90 Å². The number of carbonyl (C=O) groups is 3. The van der Waals surface area contributed by atoms with E-state index in [4.69, 9.17) is 9.94 Å². The molecule has 2 aromatic rings. The fourth-order valence-corrected chi connectivity index (χ4v) is 5.90. The molecule has 2 aromatic carbocycles. The summed E-state index contributed by atoms with van der Waals surface area (Å²) in [7, 11) is -4.66. The molecule has 0 heterocycles. The molecule has 1 aliphatic rings. The first-order valence-electron chi connectivity index (χ1n) is 13.1. The number of nitrogens with zero attached hydrogens (tertiary/aromatic N) is 1. The lowest BCUT2D eigenvalue weighted by Crippen LogP contribution is -2.45. The van der Waals surface area contributed by atoms with Gasteiger partial charge in [0.25, 0.3) is 5.91 Å². The van der Waals surface area contributed by atoms with E-state index < -0.39 is 61.4 Å². The van der Waals surface area contributed by atoms with Crippen LogP contribution in [0.2, 0.25) is 0 Å². The molecular formula is C28H32F3N3O7S. The topological polar surface area (TPSA) is 151 Å². The number of halogens is 3. The monoisotopic (exact) mass is 611 g/mol. The minimum Gasteiger partial charge on any atom is -0.451 e. The number of hydrogen-bond acceptors (Lipinski definition) is 8. The predicted octanol–water partition coefficient (Wildman–Crippen LogP) is 4.25. The van der Waals surface area contributed by atoms with Crippen LogP contribution in [0.4, 0.5) is 13.2 Å². The number of nitrogens with one attached hydrogen (secondary N) is 2. The van der Waals surface area contributed by atoms with Crippen molar-refractivity contribution >= 4 is 33.2 Å². The third-order valence-electron chi connectivity index (χ3n) is 6.67. The zero-order valence-electron chi connectivity index (χ0n) is 23.2. The van der Waals surface area contributed by atoms with Gasteiger partial charge in [-0.3, -0.25) is 24.6 Å². The van der Waals surface area contributed by atoms with E-state index in [-0.39, 0.29) is 49.5 Å². The lowest BCUT2D eigenvalue weighted by Gasteiger charge is -2.31. The van der Waals surface area contributed by atoms with Crippen LogP contribution in [0.15, 0.2) is 46.3 Å². The van der Waals surface area contributed by atoms with Gasteiger partial charge in [-0.2, -0.15) is 4.72 Å². The molecular weight excluding hydrogens is 579 g/mol. The fraction of sp³-hybridized carbons (Fsp3) is 0.429. The van der Waals surface area contributed by atoms with Crippen molar-refractivity contribution in [2.75, 3.05) is 6.54 Å². The average molecular weight is 612 g/mol. The van der Waals surface area contributed by atoms with E-state index in [1.54, 1.807) is 6.92 Å². The molecule has 1 fully saturated rings. The van der Waals surface area contributed by atoms with E-state index in [1.807, 2.05) is 18.6 Å². The molecule has 10 nitrogen and oxygen atoms in total. The van der Waals surface area contributed by atoms with Crippen LogP contribution >= 0.6 is 0 Å². The Morgan fingerprint density at radius 2 is 1.64 bits per heavy atom. The standard InChI is InChI=1S/C28H32F3N3O7S/c1-16(25-23(35)14-28(2,3)15-24(25)36)32-11-5-4-6-22(27(37)33-38)34-42(39,40)19-12-20(30)26(21(31)13-19)41-18-9-7-17(29)8-10-18/h7-10,12-13,22,25,34,38H,4-6,11,14-15H2,1-3H3,(H,33,37)/t22-/m1/s1. The third-order valence-corrected chi connectivity index (χ3v) is 8.12. The zero-order valence-corrected chi connectivity index (χ0v) is 24.1. The summed E-state index contributed by atoms with van der Waals surface area (Å²) in [6.07, 6.45) is 0.989. The Morgan fingerprint density at radius 1 is 1.07 bits per heavy atom. The van der Waals surface area contributed by atoms with Crippen LogP contribution in [-0.2, 0) is 24.4 Å². The SMILES string of the molecule is CC(=NCCCC[C@@H](NS(=O)(=O)c1cc(F)c(Oc2ccc(F)cc2)c(F)c1)C(=O)NO)C1C(=O)CC(C)(C)CC1=O. The number of rotatable bonds is 12. The van der Waals surface area contributed by atoms with E-state index in [1.165, 1.54) is 5.48 Å². The summed E-state index contributed by atoms with van der Waals surface area (Å²) in [6, 6.07) is 3.74. The lowest BCUT2D eigenvalue weighted by molar-refractivity contribution is -0.136. The molecule has 0 bridgehead atoms. The number of carbonyl (C=O) groups excluding carboxylic acids is 3. The highest BCUT2D eigenvalue weighted by molar-refractivity contribution is 7.89. The number of hydrogen-bond donors (Lipinski definition) is 3. The van der Waals surface area contributed by atoms with E-state index in [0.29, 0.717) is 24.3 Å². The minimum absolute atomic E-state index is 0.0944. The lowest BCUT2D eigenvalue weighted by atomic mass is 9.70. The number of amides is 1. The molecule has 0 spiro atoms. The van der Waals surface area contributed by atoms with Gasteiger partial charge in [0.2, 0.25) is 10.0 Å². The van der Waals surface area contributed by atoms with Crippen molar-refractivity contribution in [2.45, 2.75) is 63.8 Å². The Bertz CT molecular complexity index is 1440. The Labute approximate surface area is 241 Å². The first kappa shape index (κ1) is 32.9. The summed E-state index contributed by atoms with van der Waals surface area (Å²) >= 11 is 0. The van der Waals surface area contributed by atoms with Crippen LogP contribution in [-0.4, -0.2) is 49.4 Å². The van der Waals surface area contributed by atoms with Gasteiger partial charge in [0.15, 0.2) is 17.4 Å². The highest BCUT2D eigenvalue weighted by atomic mass is 32.2. The highest BCUT2D eigenvalue weighted by Crippen LogP contribution is 2.34. The van der Waals surface area contributed by atoms with Gasteiger partial charge in [0, 0.05) is 25.1 Å².